The van der Waals surface area contributed by atoms with Crippen LogP contribution in [0.5, 0.6) is 0 Å². The molecule has 1 aliphatic rings. The fourth-order valence-corrected chi connectivity index (χ4v) is 3.35. The zero-order valence-corrected chi connectivity index (χ0v) is 14.0. The number of hydrogen-bond donors (Lipinski definition) is 2. The van der Waals surface area contributed by atoms with Crippen LogP contribution in [0.25, 0.3) is 11.0 Å². The van der Waals surface area contributed by atoms with Crippen molar-refractivity contribution in [1.82, 2.24) is 10.6 Å². The molecule has 1 fully saturated rings. The van der Waals surface area contributed by atoms with Crippen molar-refractivity contribution >= 4 is 16.9 Å². The Kier molecular flexibility index (Phi) is 5.01. The summed E-state index contributed by atoms with van der Waals surface area (Å²) in [5.74, 6) is 1.53. The zero-order chi connectivity index (χ0) is 16.2. The number of benzene rings is 1. The topological polar surface area (TPSA) is 54.3 Å². The molecule has 0 bridgehead atoms. The number of fused-ring (bicyclic) bond motifs is 1. The summed E-state index contributed by atoms with van der Waals surface area (Å²) in [7, 11) is 0. The van der Waals surface area contributed by atoms with Gasteiger partial charge < -0.3 is 9.73 Å². The molecule has 4 nitrogen and oxygen atoms in total. The zero-order valence-electron chi connectivity index (χ0n) is 14.0. The van der Waals surface area contributed by atoms with Crippen LogP contribution >= 0.6 is 0 Å². The maximum Gasteiger partial charge on any atom is 0.234 e. The molecule has 0 radical (unpaired) electrons. The number of furan rings is 1. The number of para-hydroxylation sites is 1. The summed E-state index contributed by atoms with van der Waals surface area (Å²) in [6.45, 7) is 4.57. The molecule has 124 valence electrons. The van der Waals surface area contributed by atoms with Gasteiger partial charge in [-0.25, -0.2) is 0 Å². The van der Waals surface area contributed by atoms with Crippen LogP contribution in [0.3, 0.4) is 0 Å². The minimum absolute atomic E-state index is 0.0110. The van der Waals surface area contributed by atoms with Gasteiger partial charge in [0.15, 0.2) is 0 Å². The number of hydrogen-bond acceptors (Lipinski definition) is 3. The highest BCUT2D eigenvalue weighted by Crippen LogP contribution is 2.24. The highest BCUT2D eigenvalue weighted by molar-refractivity contribution is 5.79. The monoisotopic (exact) mass is 314 g/mol. The van der Waals surface area contributed by atoms with Crippen LogP contribution in [0.4, 0.5) is 0 Å². The molecule has 1 aliphatic carbocycles. The van der Waals surface area contributed by atoms with Crippen molar-refractivity contribution in [1.29, 1.82) is 0 Å². The number of rotatable bonds is 5. The van der Waals surface area contributed by atoms with Crippen LogP contribution in [0.1, 0.15) is 51.3 Å². The van der Waals surface area contributed by atoms with Gasteiger partial charge in [0.25, 0.3) is 0 Å². The Morgan fingerprint density at radius 2 is 2.09 bits per heavy atom. The van der Waals surface area contributed by atoms with Gasteiger partial charge in [-0.15, -0.1) is 0 Å². The van der Waals surface area contributed by atoms with Crippen molar-refractivity contribution in [3.63, 3.8) is 0 Å². The van der Waals surface area contributed by atoms with Gasteiger partial charge in [-0.05, 0) is 37.8 Å². The van der Waals surface area contributed by atoms with E-state index in [0.717, 1.165) is 23.2 Å². The number of amides is 1. The third-order valence-corrected chi connectivity index (χ3v) is 4.90. The highest BCUT2D eigenvalue weighted by Gasteiger charge is 2.23. The predicted octanol–water partition coefficient (Wildman–Crippen LogP) is 3.78. The summed E-state index contributed by atoms with van der Waals surface area (Å²) >= 11 is 0. The molecule has 3 rings (SSSR count). The summed E-state index contributed by atoms with van der Waals surface area (Å²) in [6, 6.07) is 10.3. The highest BCUT2D eigenvalue weighted by atomic mass is 16.3. The molecule has 1 aromatic carbocycles. The van der Waals surface area contributed by atoms with E-state index in [9.17, 15) is 4.79 Å². The van der Waals surface area contributed by atoms with E-state index >= 15 is 0 Å². The van der Waals surface area contributed by atoms with Crippen molar-refractivity contribution in [2.24, 2.45) is 5.92 Å². The fourth-order valence-electron chi connectivity index (χ4n) is 3.35. The van der Waals surface area contributed by atoms with Gasteiger partial charge in [0.2, 0.25) is 5.91 Å². The van der Waals surface area contributed by atoms with Crippen molar-refractivity contribution in [2.75, 3.05) is 6.54 Å². The standard InChI is InChI=1S/C19H26N2O2/c1-13-7-3-5-9-16(13)21-19(22)12-20-14(2)18-11-15-8-4-6-10-17(15)23-18/h4,6,8,10-11,13-14,16,20H,3,5,7,9,12H2,1-2H3,(H,21,22). The molecule has 2 N–H and O–H groups in total. The number of nitrogens with one attached hydrogen (secondary N) is 2. The number of carbonyl (C=O) groups is 1. The summed E-state index contributed by atoms with van der Waals surface area (Å²) in [5.41, 5.74) is 0.886. The predicted molar refractivity (Wildman–Crippen MR) is 92.2 cm³/mol. The molecule has 4 heteroatoms. The average Bonchev–Trinajstić information content (AvgIpc) is 2.99. The summed E-state index contributed by atoms with van der Waals surface area (Å²) in [4.78, 5) is 12.2. The Balaban J connectivity index is 1.51. The SMILES string of the molecule is CC(NCC(=O)NC1CCCCC1C)c1cc2ccccc2o1. The lowest BCUT2D eigenvalue weighted by Gasteiger charge is -2.29. The second kappa shape index (κ2) is 7.18. The van der Waals surface area contributed by atoms with Crippen molar-refractivity contribution < 1.29 is 9.21 Å². The van der Waals surface area contributed by atoms with E-state index in [1.165, 1.54) is 19.3 Å². The van der Waals surface area contributed by atoms with Gasteiger partial charge in [0.05, 0.1) is 12.6 Å². The normalized spacial score (nSPS) is 22.9. The molecular weight excluding hydrogens is 288 g/mol. The van der Waals surface area contributed by atoms with Gasteiger partial charge in [-0.2, -0.15) is 0 Å². The lowest BCUT2D eigenvalue weighted by atomic mass is 9.86. The second-order valence-corrected chi connectivity index (χ2v) is 6.72. The molecule has 0 spiro atoms. The lowest BCUT2D eigenvalue weighted by Crippen LogP contribution is -2.45. The molecule has 3 atom stereocenters. The molecule has 23 heavy (non-hydrogen) atoms. The Morgan fingerprint density at radius 3 is 2.87 bits per heavy atom. The molecule has 1 heterocycles. The molecule has 3 unspecified atom stereocenters. The van der Waals surface area contributed by atoms with Crippen LogP contribution in [-0.2, 0) is 4.79 Å². The molecule has 2 aromatic rings. The van der Waals surface area contributed by atoms with Gasteiger partial charge >= 0.3 is 0 Å². The van der Waals surface area contributed by atoms with Crippen LogP contribution in [0.15, 0.2) is 34.7 Å². The molecule has 1 amide bonds. The minimum atomic E-state index is 0.0110. The van der Waals surface area contributed by atoms with E-state index in [2.05, 4.69) is 17.6 Å². The largest absolute Gasteiger partial charge is 0.459 e. The molecule has 0 saturated heterocycles. The van der Waals surface area contributed by atoms with E-state index in [-0.39, 0.29) is 11.9 Å². The molecular formula is C19H26N2O2. The molecule has 1 aromatic heterocycles. The van der Waals surface area contributed by atoms with Crippen LogP contribution < -0.4 is 10.6 Å². The van der Waals surface area contributed by atoms with E-state index < -0.39 is 0 Å². The van der Waals surface area contributed by atoms with Crippen molar-refractivity contribution in [3.05, 3.63) is 36.1 Å². The summed E-state index contributed by atoms with van der Waals surface area (Å²) in [5, 5.41) is 7.52. The first kappa shape index (κ1) is 16.1. The number of carbonyl (C=O) groups excluding carboxylic acids is 1. The Labute approximate surface area is 137 Å². The van der Waals surface area contributed by atoms with Gasteiger partial charge in [-0.1, -0.05) is 38.0 Å². The van der Waals surface area contributed by atoms with Crippen molar-refractivity contribution in [2.45, 2.75) is 51.6 Å². The van der Waals surface area contributed by atoms with E-state index in [4.69, 9.17) is 4.42 Å². The second-order valence-electron chi connectivity index (χ2n) is 6.72. The van der Waals surface area contributed by atoms with Crippen LogP contribution in [-0.4, -0.2) is 18.5 Å². The summed E-state index contributed by atoms with van der Waals surface area (Å²) < 4.78 is 5.83. The van der Waals surface area contributed by atoms with E-state index in [1.807, 2.05) is 37.3 Å². The summed E-state index contributed by atoms with van der Waals surface area (Å²) in [6.07, 6.45) is 4.83. The van der Waals surface area contributed by atoms with E-state index in [1.54, 1.807) is 0 Å². The lowest BCUT2D eigenvalue weighted by molar-refractivity contribution is -0.121. The van der Waals surface area contributed by atoms with Crippen LogP contribution in [0.2, 0.25) is 0 Å². The quantitative estimate of drug-likeness (QED) is 0.883. The first-order valence-corrected chi connectivity index (χ1v) is 8.64. The maximum atomic E-state index is 12.2. The Hall–Kier alpha value is -1.81. The third-order valence-electron chi connectivity index (χ3n) is 4.90. The molecule has 1 saturated carbocycles. The Morgan fingerprint density at radius 1 is 1.30 bits per heavy atom. The van der Waals surface area contributed by atoms with E-state index in [0.29, 0.717) is 18.5 Å². The minimum Gasteiger partial charge on any atom is -0.459 e. The van der Waals surface area contributed by atoms with Crippen LogP contribution in [0, 0.1) is 5.92 Å². The van der Waals surface area contributed by atoms with Gasteiger partial charge in [0, 0.05) is 11.4 Å². The average molecular weight is 314 g/mol. The Bertz CT molecular complexity index is 631. The van der Waals surface area contributed by atoms with Crippen molar-refractivity contribution in [3.8, 4) is 0 Å². The molecule has 0 aliphatic heterocycles. The smallest absolute Gasteiger partial charge is 0.234 e. The van der Waals surface area contributed by atoms with Gasteiger partial charge in [-0.3, -0.25) is 10.1 Å². The first-order chi connectivity index (χ1) is 11.1. The maximum absolute atomic E-state index is 12.2. The fraction of sp³-hybridized carbons (Fsp3) is 0.526. The van der Waals surface area contributed by atoms with Gasteiger partial charge in [0.1, 0.15) is 11.3 Å². The third kappa shape index (κ3) is 3.94. The first-order valence-electron chi connectivity index (χ1n) is 8.64.